The molecule has 0 amide bonds. The number of halogens is 6. The van der Waals surface area contributed by atoms with Crippen molar-refractivity contribution in [1.82, 2.24) is 0 Å². The average molecular weight is 316 g/mol. The van der Waals surface area contributed by atoms with E-state index in [4.69, 9.17) is 0 Å². The first-order valence-corrected chi connectivity index (χ1v) is 6.44. The molecule has 112 valence electrons. The number of hydrogen-bond donors (Lipinski definition) is 0. The van der Waals surface area contributed by atoms with E-state index in [1.165, 1.54) is 12.1 Å². The molecule has 0 N–H and O–H groups in total. The molecule has 0 heterocycles. The fraction of sp³-hybridized carbons (Fsp3) is 0.417. The lowest BCUT2D eigenvalue weighted by Gasteiger charge is -2.22. The maximum atomic E-state index is 12.9. The Kier molecular flexibility index (Phi) is 5.50. The van der Waals surface area contributed by atoms with Gasteiger partial charge in [-0.3, -0.25) is 4.79 Å². The molecule has 1 unspecified atom stereocenters. The van der Waals surface area contributed by atoms with Crippen molar-refractivity contribution in [3.8, 4) is 0 Å². The smallest absolute Gasteiger partial charge is 0.282 e. The van der Waals surface area contributed by atoms with Crippen LogP contribution in [0.1, 0.15) is 16.8 Å². The Morgan fingerprint density at radius 1 is 1.10 bits per heavy atom. The molecule has 20 heavy (non-hydrogen) atoms. The Hall–Kier alpha value is -1.18. The molecule has 1 atom stereocenters. The number of benzene rings is 1. The molecule has 0 aliphatic carbocycles. The standard InChI is InChI=1S/C12H10F6OS/c13-10(12(16,17)18)11(14,15)6-7-20-9(19)8-4-2-1-3-5-8/h1-5,10H,6-7H2. The molecule has 0 saturated carbocycles. The molecule has 0 bridgehead atoms. The first kappa shape index (κ1) is 16.9. The molecule has 0 saturated heterocycles. The van der Waals surface area contributed by atoms with Gasteiger partial charge in [0, 0.05) is 17.7 Å². The zero-order valence-electron chi connectivity index (χ0n) is 9.96. The van der Waals surface area contributed by atoms with Gasteiger partial charge in [-0.1, -0.05) is 42.1 Å². The molecule has 8 heteroatoms. The first-order valence-electron chi connectivity index (χ1n) is 5.45. The highest BCUT2D eigenvalue weighted by atomic mass is 32.2. The summed E-state index contributed by atoms with van der Waals surface area (Å²) in [6, 6.07) is 7.65. The summed E-state index contributed by atoms with van der Waals surface area (Å²) in [7, 11) is 0. The van der Waals surface area contributed by atoms with E-state index in [9.17, 15) is 31.1 Å². The summed E-state index contributed by atoms with van der Waals surface area (Å²) in [6.45, 7) is 0. The summed E-state index contributed by atoms with van der Waals surface area (Å²) in [6.07, 6.45) is -11.2. The Labute approximate surface area is 115 Å². The van der Waals surface area contributed by atoms with Gasteiger partial charge in [-0.15, -0.1) is 0 Å². The quantitative estimate of drug-likeness (QED) is 0.745. The minimum atomic E-state index is -5.61. The van der Waals surface area contributed by atoms with Crippen LogP contribution in [0.25, 0.3) is 0 Å². The maximum absolute atomic E-state index is 12.9. The fourth-order valence-corrected chi connectivity index (χ4v) is 2.17. The molecule has 0 aromatic heterocycles. The van der Waals surface area contributed by atoms with E-state index < -0.39 is 35.6 Å². The Balaban J connectivity index is 2.50. The van der Waals surface area contributed by atoms with E-state index in [2.05, 4.69) is 0 Å². The molecule has 1 aromatic rings. The van der Waals surface area contributed by atoms with Crippen molar-refractivity contribution in [3.63, 3.8) is 0 Å². The van der Waals surface area contributed by atoms with Crippen LogP contribution < -0.4 is 0 Å². The van der Waals surface area contributed by atoms with Gasteiger partial charge < -0.3 is 0 Å². The monoisotopic (exact) mass is 316 g/mol. The van der Waals surface area contributed by atoms with Crippen LogP contribution in [0.2, 0.25) is 0 Å². The summed E-state index contributed by atoms with van der Waals surface area (Å²) in [5.74, 6) is -5.14. The molecule has 0 fully saturated rings. The minimum absolute atomic E-state index is 0.244. The van der Waals surface area contributed by atoms with Gasteiger partial charge in [0.25, 0.3) is 12.1 Å². The van der Waals surface area contributed by atoms with Gasteiger partial charge in [-0.2, -0.15) is 13.2 Å². The van der Waals surface area contributed by atoms with Crippen molar-refractivity contribution in [2.45, 2.75) is 24.7 Å². The second-order valence-electron chi connectivity index (χ2n) is 3.92. The van der Waals surface area contributed by atoms with Gasteiger partial charge in [0.2, 0.25) is 5.12 Å². The summed E-state index contributed by atoms with van der Waals surface area (Å²) >= 11 is 0.431. The lowest BCUT2D eigenvalue weighted by molar-refractivity contribution is -0.244. The van der Waals surface area contributed by atoms with Crippen LogP contribution in [0.5, 0.6) is 0 Å². The second kappa shape index (κ2) is 6.51. The van der Waals surface area contributed by atoms with Crippen LogP contribution in [0.15, 0.2) is 30.3 Å². The number of hydrogen-bond acceptors (Lipinski definition) is 2. The Morgan fingerprint density at radius 2 is 1.65 bits per heavy atom. The molecular weight excluding hydrogens is 306 g/mol. The highest BCUT2D eigenvalue weighted by molar-refractivity contribution is 8.14. The summed E-state index contributed by atoms with van der Waals surface area (Å²) in [5, 5.41) is -0.552. The number of alkyl halides is 6. The summed E-state index contributed by atoms with van der Waals surface area (Å²) in [4.78, 5) is 11.5. The molecule has 1 rings (SSSR count). The zero-order valence-corrected chi connectivity index (χ0v) is 10.8. The van der Waals surface area contributed by atoms with Crippen LogP contribution in [-0.4, -0.2) is 29.1 Å². The van der Waals surface area contributed by atoms with E-state index in [-0.39, 0.29) is 5.56 Å². The van der Waals surface area contributed by atoms with Crippen molar-refractivity contribution in [1.29, 1.82) is 0 Å². The minimum Gasteiger partial charge on any atom is -0.282 e. The topological polar surface area (TPSA) is 17.1 Å². The Bertz CT molecular complexity index is 445. The largest absolute Gasteiger partial charge is 0.425 e. The molecule has 1 nitrogen and oxygen atoms in total. The summed E-state index contributed by atoms with van der Waals surface area (Å²) < 4.78 is 74.1. The van der Waals surface area contributed by atoms with Crippen LogP contribution >= 0.6 is 11.8 Å². The fourth-order valence-electron chi connectivity index (χ4n) is 1.30. The molecule has 0 aliphatic heterocycles. The number of carbonyl (C=O) groups excluding carboxylic acids is 1. The van der Waals surface area contributed by atoms with Gasteiger partial charge in [0.15, 0.2) is 0 Å². The van der Waals surface area contributed by atoms with Crippen LogP contribution in [0, 0.1) is 0 Å². The highest BCUT2D eigenvalue weighted by Crippen LogP contribution is 2.37. The number of carbonyl (C=O) groups is 1. The Morgan fingerprint density at radius 3 is 2.15 bits per heavy atom. The molecule has 1 aromatic carbocycles. The van der Waals surface area contributed by atoms with Gasteiger partial charge in [-0.05, 0) is 0 Å². The van der Waals surface area contributed by atoms with Gasteiger partial charge in [-0.25, -0.2) is 13.2 Å². The van der Waals surface area contributed by atoms with Gasteiger partial charge in [0.05, 0.1) is 0 Å². The third kappa shape index (κ3) is 4.73. The predicted octanol–water partition coefficient (Wildman–Crippen LogP) is 4.49. The van der Waals surface area contributed by atoms with Crippen molar-refractivity contribution in [2.24, 2.45) is 0 Å². The van der Waals surface area contributed by atoms with E-state index in [0.29, 0.717) is 11.8 Å². The number of rotatable bonds is 5. The zero-order chi connectivity index (χ0) is 15.4. The van der Waals surface area contributed by atoms with Crippen molar-refractivity contribution < 1.29 is 31.1 Å². The van der Waals surface area contributed by atoms with E-state index >= 15 is 0 Å². The summed E-state index contributed by atoms with van der Waals surface area (Å²) in [5.41, 5.74) is 0.244. The van der Waals surface area contributed by atoms with Crippen molar-refractivity contribution in [3.05, 3.63) is 35.9 Å². The van der Waals surface area contributed by atoms with Crippen LogP contribution in [-0.2, 0) is 0 Å². The molecule has 0 radical (unpaired) electrons. The highest BCUT2D eigenvalue weighted by Gasteiger charge is 2.56. The third-order valence-electron chi connectivity index (χ3n) is 2.34. The van der Waals surface area contributed by atoms with E-state index in [1.807, 2.05) is 0 Å². The third-order valence-corrected chi connectivity index (χ3v) is 3.24. The lowest BCUT2D eigenvalue weighted by atomic mass is 10.1. The number of thioether (sulfide) groups is 1. The predicted molar refractivity (Wildman–Crippen MR) is 63.7 cm³/mol. The SMILES string of the molecule is O=C(SCCC(F)(F)C(F)C(F)(F)F)c1ccccc1. The molecule has 0 spiro atoms. The van der Waals surface area contributed by atoms with Crippen LogP contribution in [0.3, 0.4) is 0 Å². The van der Waals surface area contributed by atoms with E-state index in [0.717, 1.165) is 0 Å². The van der Waals surface area contributed by atoms with Crippen molar-refractivity contribution in [2.75, 3.05) is 5.75 Å². The average Bonchev–Trinajstić information content (AvgIpc) is 2.37. The molecule has 0 aliphatic rings. The van der Waals surface area contributed by atoms with Crippen LogP contribution in [0.4, 0.5) is 26.3 Å². The van der Waals surface area contributed by atoms with Gasteiger partial charge in [0.1, 0.15) is 0 Å². The normalized spacial score (nSPS) is 14.1. The first-order chi connectivity index (χ1) is 9.14. The lowest BCUT2D eigenvalue weighted by Crippen LogP contribution is -2.42. The maximum Gasteiger partial charge on any atom is 0.425 e. The van der Waals surface area contributed by atoms with Crippen molar-refractivity contribution >= 4 is 16.9 Å². The second-order valence-corrected chi connectivity index (χ2v) is 4.98. The van der Waals surface area contributed by atoms with E-state index in [1.54, 1.807) is 18.2 Å². The van der Waals surface area contributed by atoms with Gasteiger partial charge >= 0.3 is 6.18 Å². The molecular formula is C12H10F6OS.